The van der Waals surface area contributed by atoms with Crippen LogP contribution < -0.4 is 10.5 Å². The molecule has 0 aliphatic carbocycles. The molecule has 1 aromatic heterocycles. The van der Waals surface area contributed by atoms with Gasteiger partial charge in [0.15, 0.2) is 0 Å². The number of nitrogens with one attached hydrogen (secondary N) is 1. The smallest absolute Gasteiger partial charge is 0.216 e. The normalized spacial score (nSPS) is 10.4. The molecule has 0 fully saturated rings. The molecule has 0 atom stereocenters. The van der Waals surface area contributed by atoms with Gasteiger partial charge in [-0.25, -0.2) is 5.10 Å². The highest BCUT2D eigenvalue weighted by molar-refractivity contribution is 7.99. The van der Waals surface area contributed by atoms with E-state index in [2.05, 4.69) is 27.3 Å². The molecule has 0 unspecified atom stereocenters. The Labute approximate surface area is 104 Å². The number of anilines is 1. The molecule has 2 rings (SSSR count). The number of hydrogen-bond donors (Lipinski definition) is 2. The molecule has 1 heterocycles. The molecule has 0 amide bonds. The Hall–Kier alpha value is -1.69. The first-order chi connectivity index (χ1) is 8.28. The van der Waals surface area contributed by atoms with Gasteiger partial charge >= 0.3 is 0 Å². The van der Waals surface area contributed by atoms with Gasteiger partial charge in [0, 0.05) is 5.75 Å². The summed E-state index contributed by atoms with van der Waals surface area (Å²) in [5.74, 6) is 2.16. The van der Waals surface area contributed by atoms with Gasteiger partial charge in [-0.3, -0.25) is 0 Å². The lowest BCUT2D eigenvalue weighted by Crippen LogP contribution is -1.90. The van der Waals surface area contributed by atoms with Crippen LogP contribution in [0.4, 0.5) is 5.95 Å². The third-order valence-corrected chi connectivity index (χ3v) is 3.11. The minimum Gasteiger partial charge on any atom is -0.497 e. The van der Waals surface area contributed by atoms with Gasteiger partial charge in [0.05, 0.1) is 7.11 Å². The second-order valence-corrected chi connectivity index (χ2v) is 4.51. The van der Waals surface area contributed by atoms with Gasteiger partial charge < -0.3 is 10.5 Å². The standard InChI is InChI=1S/C11H14N4OS/c1-16-9-4-2-8(3-5-9)6-7-17-11-13-10(12)14-15-11/h2-5H,6-7H2,1H3,(H3,12,13,14,15). The molecule has 0 bridgehead atoms. The number of H-pyrrole nitrogens is 1. The predicted molar refractivity (Wildman–Crippen MR) is 68.2 cm³/mol. The average molecular weight is 250 g/mol. The second-order valence-electron chi connectivity index (χ2n) is 3.45. The van der Waals surface area contributed by atoms with Gasteiger partial charge in [0.1, 0.15) is 5.75 Å². The number of methoxy groups -OCH3 is 1. The zero-order valence-electron chi connectivity index (χ0n) is 9.51. The monoisotopic (exact) mass is 250 g/mol. The number of nitrogen functional groups attached to an aromatic ring is 1. The molecule has 2 aromatic rings. The van der Waals surface area contributed by atoms with E-state index in [1.807, 2.05) is 12.1 Å². The number of nitrogens with two attached hydrogens (primary N) is 1. The largest absolute Gasteiger partial charge is 0.497 e. The lowest BCUT2D eigenvalue weighted by atomic mass is 10.2. The quantitative estimate of drug-likeness (QED) is 0.790. The molecule has 17 heavy (non-hydrogen) atoms. The Morgan fingerprint density at radius 3 is 2.71 bits per heavy atom. The van der Waals surface area contributed by atoms with Crippen LogP contribution in [0.25, 0.3) is 0 Å². The van der Waals surface area contributed by atoms with Crippen molar-refractivity contribution in [2.75, 3.05) is 18.6 Å². The van der Waals surface area contributed by atoms with E-state index in [1.54, 1.807) is 18.9 Å². The van der Waals surface area contributed by atoms with Crippen molar-refractivity contribution in [2.24, 2.45) is 0 Å². The number of thioether (sulfide) groups is 1. The van der Waals surface area contributed by atoms with E-state index in [4.69, 9.17) is 10.5 Å². The first-order valence-corrected chi connectivity index (χ1v) is 6.20. The topological polar surface area (TPSA) is 76.8 Å². The Morgan fingerprint density at radius 1 is 1.35 bits per heavy atom. The molecule has 0 saturated heterocycles. The molecular formula is C11H14N4OS. The summed E-state index contributed by atoms with van der Waals surface area (Å²) in [5, 5.41) is 7.26. The minimum absolute atomic E-state index is 0.358. The van der Waals surface area contributed by atoms with Crippen LogP contribution in [-0.4, -0.2) is 28.0 Å². The molecule has 6 heteroatoms. The summed E-state index contributed by atoms with van der Waals surface area (Å²) in [7, 11) is 1.67. The Kier molecular flexibility index (Phi) is 3.87. The number of nitrogens with zero attached hydrogens (tertiary/aromatic N) is 2. The SMILES string of the molecule is COc1ccc(CCSc2n[nH]c(N)n2)cc1. The van der Waals surface area contributed by atoms with E-state index in [0.29, 0.717) is 11.1 Å². The van der Waals surface area contributed by atoms with Crippen LogP contribution >= 0.6 is 11.8 Å². The lowest BCUT2D eigenvalue weighted by molar-refractivity contribution is 0.414. The van der Waals surface area contributed by atoms with Crippen LogP contribution in [0.1, 0.15) is 5.56 Å². The maximum Gasteiger partial charge on any atom is 0.216 e. The fourth-order valence-corrected chi connectivity index (χ4v) is 2.17. The zero-order chi connectivity index (χ0) is 12.1. The van der Waals surface area contributed by atoms with Crippen LogP contribution in [0.3, 0.4) is 0 Å². The minimum atomic E-state index is 0.358. The molecule has 3 N–H and O–H groups in total. The number of benzene rings is 1. The van der Waals surface area contributed by atoms with E-state index in [1.165, 1.54) is 5.56 Å². The summed E-state index contributed by atoms with van der Waals surface area (Å²) in [6, 6.07) is 8.05. The zero-order valence-corrected chi connectivity index (χ0v) is 10.3. The highest BCUT2D eigenvalue weighted by Gasteiger charge is 2.01. The van der Waals surface area contributed by atoms with E-state index < -0.39 is 0 Å². The first-order valence-electron chi connectivity index (χ1n) is 5.21. The highest BCUT2D eigenvalue weighted by atomic mass is 32.2. The van der Waals surface area contributed by atoms with Gasteiger partial charge in [-0.05, 0) is 24.1 Å². The van der Waals surface area contributed by atoms with Crippen molar-refractivity contribution in [1.29, 1.82) is 0 Å². The number of aromatic amines is 1. The van der Waals surface area contributed by atoms with Crippen LogP contribution in [0.15, 0.2) is 29.4 Å². The van der Waals surface area contributed by atoms with Gasteiger partial charge in [-0.1, -0.05) is 23.9 Å². The Morgan fingerprint density at radius 2 is 2.12 bits per heavy atom. The van der Waals surface area contributed by atoms with Crippen molar-refractivity contribution in [1.82, 2.24) is 15.2 Å². The summed E-state index contributed by atoms with van der Waals surface area (Å²) >= 11 is 1.58. The van der Waals surface area contributed by atoms with Crippen LogP contribution in [0, 0.1) is 0 Å². The van der Waals surface area contributed by atoms with E-state index >= 15 is 0 Å². The average Bonchev–Trinajstić information content (AvgIpc) is 2.76. The van der Waals surface area contributed by atoms with Gasteiger partial charge in [0.25, 0.3) is 0 Å². The molecule has 0 spiro atoms. The molecule has 0 aliphatic heterocycles. The number of hydrogen-bond acceptors (Lipinski definition) is 5. The summed E-state index contributed by atoms with van der Waals surface area (Å²) in [6.07, 6.45) is 0.961. The van der Waals surface area contributed by atoms with E-state index in [0.717, 1.165) is 17.9 Å². The molecule has 1 aromatic carbocycles. The Bertz CT molecular complexity index is 469. The lowest BCUT2D eigenvalue weighted by Gasteiger charge is -2.02. The maximum absolute atomic E-state index is 5.44. The number of rotatable bonds is 5. The second kappa shape index (κ2) is 5.58. The summed E-state index contributed by atoms with van der Waals surface area (Å²) < 4.78 is 5.10. The van der Waals surface area contributed by atoms with E-state index in [-0.39, 0.29) is 0 Å². The van der Waals surface area contributed by atoms with Crippen molar-refractivity contribution < 1.29 is 4.74 Å². The summed E-state index contributed by atoms with van der Waals surface area (Å²) in [6.45, 7) is 0. The third-order valence-electron chi connectivity index (χ3n) is 2.26. The van der Waals surface area contributed by atoms with Gasteiger partial charge in [-0.2, -0.15) is 4.98 Å². The summed E-state index contributed by atoms with van der Waals surface area (Å²) in [4.78, 5) is 4.02. The van der Waals surface area contributed by atoms with Crippen molar-refractivity contribution in [3.05, 3.63) is 29.8 Å². The fourth-order valence-electron chi connectivity index (χ4n) is 1.38. The first kappa shape index (κ1) is 11.8. The van der Waals surface area contributed by atoms with Crippen molar-refractivity contribution >= 4 is 17.7 Å². The van der Waals surface area contributed by atoms with Crippen molar-refractivity contribution in [3.8, 4) is 5.75 Å². The highest BCUT2D eigenvalue weighted by Crippen LogP contribution is 2.17. The van der Waals surface area contributed by atoms with Crippen LogP contribution in [0.2, 0.25) is 0 Å². The molecule has 0 saturated carbocycles. The van der Waals surface area contributed by atoms with E-state index in [9.17, 15) is 0 Å². The summed E-state index contributed by atoms with van der Waals surface area (Å²) in [5.41, 5.74) is 6.70. The molecule has 0 aliphatic rings. The van der Waals surface area contributed by atoms with Gasteiger partial charge in [0.2, 0.25) is 11.1 Å². The number of ether oxygens (including phenoxy) is 1. The molecule has 90 valence electrons. The predicted octanol–water partition coefficient (Wildman–Crippen LogP) is 1.73. The number of aromatic nitrogens is 3. The molecule has 0 radical (unpaired) electrons. The van der Waals surface area contributed by atoms with Crippen molar-refractivity contribution in [3.63, 3.8) is 0 Å². The van der Waals surface area contributed by atoms with Crippen LogP contribution in [0.5, 0.6) is 5.75 Å². The third kappa shape index (κ3) is 3.39. The van der Waals surface area contributed by atoms with Gasteiger partial charge in [-0.15, -0.1) is 5.10 Å². The maximum atomic E-state index is 5.44. The Balaban J connectivity index is 1.81. The molecule has 5 nitrogen and oxygen atoms in total. The number of aryl methyl sites for hydroxylation is 1. The fraction of sp³-hybridized carbons (Fsp3) is 0.273. The molecular weight excluding hydrogens is 236 g/mol. The van der Waals surface area contributed by atoms with Crippen molar-refractivity contribution in [2.45, 2.75) is 11.6 Å². The van der Waals surface area contributed by atoms with Crippen LogP contribution in [-0.2, 0) is 6.42 Å².